The summed E-state index contributed by atoms with van der Waals surface area (Å²) in [6, 6.07) is 8.37. The molecule has 2 heteroatoms. The zero-order chi connectivity index (χ0) is 5.40. The van der Waals surface area contributed by atoms with Gasteiger partial charge in [0.2, 0.25) is 0 Å². The third kappa shape index (κ3) is 0.623. The molecule has 0 saturated heterocycles. The Morgan fingerprint density at radius 1 is 1.25 bits per heavy atom. The topological polar surface area (TPSA) is 4.93 Å². The summed E-state index contributed by atoms with van der Waals surface area (Å²) in [4.78, 5) is 0. The van der Waals surface area contributed by atoms with Crippen LogP contribution in [0.5, 0.6) is 0 Å². The molecule has 1 nitrogen and oxygen atoms in total. The van der Waals surface area contributed by atoms with Crippen LogP contribution < -0.4 is 0 Å². The zero-order valence-electron chi connectivity index (χ0n) is 4.24. The van der Waals surface area contributed by atoms with Gasteiger partial charge < -0.3 is 0 Å². The predicted molar refractivity (Wildman–Crippen MR) is 33.9 cm³/mol. The van der Waals surface area contributed by atoms with Gasteiger partial charge in [0.1, 0.15) is 0 Å². The van der Waals surface area contributed by atoms with E-state index in [1.165, 1.54) is 4.56 Å². The summed E-state index contributed by atoms with van der Waals surface area (Å²) in [6.45, 7) is 0. The van der Waals surface area contributed by atoms with Crippen molar-refractivity contribution in [2.45, 2.75) is 0 Å². The van der Waals surface area contributed by atoms with E-state index in [0.29, 0.717) is 14.7 Å². The van der Waals surface area contributed by atoms with Crippen molar-refractivity contribution >= 4 is 14.7 Å². The van der Waals surface area contributed by atoms with Crippen molar-refractivity contribution in [1.29, 1.82) is 0 Å². The van der Waals surface area contributed by atoms with Crippen LogP contribution in [0.2, 0.25) is 0 Å². The molecule has 0 amide bonds. The van der Waals surface area contributed by atoms with Crippen molar-refractivity contribution in [3.63, 3.8) is 0 Å². The molecule has 8 heavy (non-hydrogen) atoms. The van der Waals surface area contributed by atoms with Gasteiger partial charge in [-0.05, 0) is 0 Å². The summed E-state index contributed by atoms with van der Waals surface area (Å²) in [5.74, 6) is 0. The Kier molecular flexibility index (Phi) is 0.833. The second kappa shape index (κ2) is 1.51. The quantitative estimate of drug-likeness (QED) is 0.519. The first-order valence-electron chi connectivity index (χ1n) is 2.49. The third-order valence-corrected chi connectivity index (χ3v) is 2.87. The summed E-state index contributed by atoms with van der Waals surface area (Å²) in [5.41, 5.74) is 0. The molecule has 0 atom stereocenters. The van der Waals surface area contributed by atoms with Crippen LogP contribution in [0, 0.1) is 0 Å². The fraction of sp³-hybridized carbons (Fsp3) is 0. The predicted octanol–water partition coefficient (Wildman–Crippen LogP) is 0.972. The van der Waals surface area contributed by atoms with Crippen molar-refractivity contribution in [2.24, 2.45) is 0 Å². The molecule has 2 aliphatic heterocycles. The van der Waals surface area contributed by atoms with Crippen LogP contribution in [0.1, 0.15) is 0 Å². The van der Waals surface area contributed by atoms with Crippen LogP contribution in [0.3, 0.4) is 0 Å². The van der Waals surface area contributed by atoms with Gasteiger partial charge in [0.25, 0.3) is 0 Å². The maximum absolute atomic E-state index is 2.27. The monoisotopic (exact) mass is 171 g/mol. The van der Waals surface area contributed by atoms with Crippen LogP contribution in [-0.2, 0) is 0 Å². The Bertz CT molecular complexity index is 222. The van der Waals surface area contributed by atoms with Crippen LogP contribution in [-0.4, -0.2) is 18.3 Å². The Hall–Kier alpha value is -0.461. The van der Waals surface area contributed by atoms with E-state index >= 15 is 0 Å². The van der Waals surface area contributed by atoms with Gasteiger partial charge in [0.05, 0.1) is 0 Å². The standard InChI is InChI=1S/C6H5NSe/c1-2-4-6-7(8-6)5-3-1/h1-5H. The maximum atomic E-state index is 2.27. The fourth-order valence-electron chi connectivity index (χ4n) is 0.618. The average molecular weight is 170 g/mol. The van der Waals surface area contributed by atoms with Gasteiger partial charge >= 0.3 is 53.3 Å². The third-order valence-electron chi connectivity index (χ3n) is 1.06. The summed E-state index contributed by atoms with van der Waals surface area (Å²) in [7, 11) is 0. The molecule has 2 heterocycles. The molecule has 0 spiro atoms. The minimum absolute atomic E-state index is 0.668. The molecule has 2 rings (SSSR count). The number of fused-ring (bicyclic) bond motifs is 1. The average Bonchev–Trinajstić information content (AvgIpc) is 2.36. The van der Waals surface area contributed by atoms with E-state index in [2.05, 4.69) is 34.0 Å². The Morgan fingerprint density at radius 2 is 2.25 bits per heavy atom. The normalized spacial score (nSPS) is 10.5. The van der Waals surface area contributed by atoms with Crippen LogP contribution >= 0.6 is 0 Å². The Labute approximate surface area is 53.9 Å². The number of rotatable bonds is 0. The van der Waals surface area contributed by atoms with Crippen molar-refractivity contribution in [2.75, 3.05) is 0 Å². The molecule has 40 valence electrons. The Balaban J connectivity index is 2.67. The first kappa shape index (κ1) is 4.42. The molecule has 0 aromatic carbocycles. The number of nitrogens with zero attached hydrogens (tertiary/aromatic N) is 1. The number of aromatic nitrogens is 1. The van der Waals surface area contributed by atoms with Crippen molar-refractivity contribution < 1.29 is 0 Å². The van der Waals surface area contributed by atoms with Crippen molar-refractivity contribution in [3.05, 3.63) is 30.5 Å². The number of hydrogen-bond donors (Lipinski definition) is 0. The molecule has 0 saturated carbocycles. The van der Waals surface area contributed by atoms with E-state index in [-0.39, 0.29) is 0 Å². The molecule has 2 aliphatic rings. The first-order chi connectivity index (χ1) is 3.97. The second-order valence-corrected chi connectivity index (χ2v) is 3.73. The molecule has 0 N–H and O–H groups in total. The molecule has 0 bridgehead atoms. The van der Waals surface area contributed by atoms with Crippen LogP contribution in [0.25, 0.3) is 4.56 Å². The van der Waals surface area contributed by atoms with Crippen molar-refractivity contribution in [3.8, 4) is 4.56 Å². The summed E-state index contributed by atoms with van der Waals surface area (Å²) in [6.07, 6.45) is 2.12. The zero-order valence-corrected chi connectivity index (χ0v) is 5.96. The van der Waals surface area contributed by atoms with Gasteiger partial charge in [-0.15, -0.1) is 0 Å². The Morgan fingerprint density at radius 3 is 3.25 bits per heavy atom. The van der Waals surface area contributed by atoms with E-state index in [1.807, 2.05) is 0 Å². The second-order valence-electron chi connectivity index (χ2n) is 1.65. The van der Waals surface area contributed by atoms with Gasteiger partial charge in [-0.25, -0.2) is 0 Å². The minimum atomic E-state index is 0.668. The number of hydrogen-bond acceptors (Lipinski definition) is 0. The van der Waals surface area contributed by atoms with E-state index in [4.69, 9.17) is 0 Å². The van der Waals surface area contributed by atoms with Gasteiger partial charge in [-0.3, -0.25) is 0 Å². The molecule has 0 radical (unpaired) electrons. The molecule has 0 aromatic heterocycles. The summed E-state index contributed by atoms with van der Waals surface area (Å²) >= 11 is 0.668. The molecule has 0 aliphatic carbocycles. The van der Waals surface area contributed by atoms with Crippen LogP contribution in [0.4, 0.5) is 0 Å². The molecular weight excluding hydrogens is 165 g/mol. The first-order valence-corrected chi connectivity index (χ1v) is 4.11. The van der Waals surface area contributed by atoms with Crippen molar-refractivity contribution in [1.82, 2.24) is 3.56 Å². The van der Waals surface area contributed by atoms with E-state index in [0.717, 1.165) is 0 Å². The summed E-state index contributed by atoms with van der Waals surface area (Å²) in [5, 5.41) is 0. The van der Waals surface area contributed by atoms with Gasteiger partial charge in [-0.1, -0.05) is 0 Å². The van der Waals surface area contributed by atoms with Gasteiger partial charge in [-0.2, -0.15) is 0 Å². The van der Waals surface area contributed by atoms with Gasteiger partial charge in [0, 0.05) is 0 Å². The SMILES string of the molecule is c1ccc2[se]n-2cc1. The molecule has 0 fully saturated rings. The molecular formula is C6H5NSe. The summed E-state index contributed by atoms with van der Waals surface area (Å²) < 4.78 is 3.76. The molecule has 0 aromatic rings. The van der Waals surface area contributed by atoms with E-state index < -0.39 is 0 Å². The van der Waals surface area contributed by atoms with E-state index in [1.54, 1.807) is 0 Å². The fourth-order valence-corrected chi connectivity index (χ4v) is 1.78. The van der Waals surface area contributed by atoms with Gasteiger partial charge in [0.15, 0.2) is 0 Å². The van der Waals surface area contributed by atoms with Crippen LogP contribution in [0.15, 0.2) is 30.5 Å². The molecule has 0 unspecified atom stereocenters. The van der Waals surface area contributed by atoms with E-state index in [9.17, 15) is 0 Å².